The molecular weight excluding hydrogens is 732 g/mol. The van der Waals surface area contributed by atoms with Gasteiger partial charge in [-0.3, -0.25) is 28.0 Å². The van der Waals surface area contributed by atoms with Crippen LogP contribution in [0, 0.1) is 34.7 Å². The van der Waals surface area contributed by atoms with Crippen LogP contribution in [0.15, 0.2) is 43.4 Å². The predicted molar refractivity (Wildman–Crippen MR) is 170 cm³/mol. The second-order valence-corrected chi connectivity index (χ2v) is 13.4. The Bertz CT molecular complexity index is 1850. The Labute approximate surface area is 301 Å². The Hall–Kier alpha value is -4.80. The van der Waals surface area contributed by atoms with Crippen LogP contribution >= 0.6 is 7.82 Å². The SMILES string of the molecule is CC(=O)OCC1OC(OP(=O)(OCCC#N)O[C@@](Cn2cncn2)(c2ccc(F)cc2F)C(C)c2ncncc2F)C(C)C(OC(C)=O)C1OC(C)=O. The topological polar surface area (TPSA) is 213 Å². The number of benzene rings is 1. The van der Waals surface area contributed by atoms with Gasteiger partial charge in [-0.25, -0.2) is 37.4 Å². The number of phosphoric acid groups is 1. The Kier molecular flexibility index (Phi) is 13.8. The van der Waals surface area contributed by atoms with Crippen molar-refractivity contribution in [3.63, 3.8) is 0 Å². The average Bonchev–Trinajstić information content (AvgIpc) is 3.59. The summed E-state index contributed by atoms with van der Waals surface area (Å²) in [6.45, 7) is 4.24. The number of nitrogens with zero attached hydrogens (tertiary/aromatic N) is 6. The molecule has 2 aromatic heterocycles. The van der Waals surface area contributed by atoms with Crippen molar-refractivity contribution in [1.29, 1.82) is 5.26 Å². The maximum Gasteiger partial charge on any atom is 0.478 e. The van der Waals surface area contributed by atoms with Crippen LogP contribution < -0.4 is 0 Å². The summed E-state index contributed by atoms with van der Waals surface area (Å²) in [4.78, 5) is 47.6. The largest absolute Gasteiger partial charge is 0.478 e. The van der Waals surface area contributed by atoms with Gasteiger partial charge in [0, 0.05) is 44.2 Å². The molecule has 1 aromatic carbocycles. The van der Waals surface area contributed by atoms with Crippen LogP contribution in [0.3, 0.4) is 0 Å². The summed E-state index contributed by atoms with van der Waals surface area (Å²) in [5.41, 5.74) is -3.26. The number of carbonyl (C=O) groups is 3. The maximum absolute atomic E-state index is 16.0. The molecule has 286 valence electrons. The van der Waals surface area contributed by atoms with Gasteiger partial charge in [-0.2, -0.15) is 10.4 Å². The molecule has 7 unspecified atom stereocenters. The van der Waals surface area contributed by atoms with Gasteiger partial charge in [-0.05, 0) is 6.07 Å². The molecule has 0 saturated carbocycles. The third-order valence-electron chi connectivity index (χ3n) is 8.03. The highest BCUT2D eigenvalue weighted by molar-refractivity contribution is 7.48. The summed E-state index contributed by atoms with van der Waals surface area (Å²) in [5.74, 6) is -8.18. The molecular formula is C32H36F3N6O11P. The minimum Gasteiger partial charge on any atom is -0.463 e. The smallest absolute Gasteiger partial charge is 0.463 e. The third-order valence-corrected chi connectivity index (χ3v) is 9.54. The zero-order valence-corrected chi connectivity index (χ0v) is 30.0. The summed E-state index contributed by atoms with van der Waals surface area (Å²) in [7, 11) is -5.27. The van der Waals surface area contributed by atoms with Crippen LogP contribution in [-0.2, 0) is 63.6 Å². The molecule has 0 aliphatic carbocycles. The Balaban J connectivity index is 1.91. The number of hydrogen-bond donors (Lipinski definition) is 0. The highest BCUT2D eigenvalue weighted by Crippen LogP contribution is 2.61. The van der Waals surface area contributed by atoms with Crippen LogP contribution in [0.2, 0.25) is 0 Å². The number of hydrogen-bond acceptors (Lipinski definition) is 16. The van der Waals surface area contributed by atoms with Crippen molar-refractivity contribution in [2.45, 2.75) is 83.7 Å². The molecule has 1 saturated heterocycles. The van der Waals surface area contributed by atoms with Crippen molar-refractivity contribution in [1.82, 2.24) is 24.7 Å². The lowest BCUT2D eigenvalue weighted by atomic mass is 9.79. The Morgan fingerprint density at radius 1 is 1.06 bits per heavy atom. The number of ether oxygens (including phenoxy) is 4. The summed E-state index contributed by atoms with van der Waals surface area (Å²) in [5, 5.41) is 13.3. The molecule has 1 aliphatic rings. The second-order valence-electron chi connectivity index (χ2n) is 11.8. The number of nitriles is 1. The van der Waals surface area contributed by atoms with E-state index in [0.29, 0.717) is 6.07 Å². The van der Waals surface area contributed by atoms with Crippen molar-refractivity contribution in [3.8, 4) is 6.07 Å². The van der Waals surface area contributed by atoms with E-state index in [1.807, 2.05) is 6.07 Å². The van der Waals surface area contributed by atoms with E-state index in [4.69, 9.17) is 32.5 Å². The number of carbonyl (C=O) groups excluding carboxylic acids is 3. The quantitative estimate of drug-likeness (QED) is 0.0870. The molecule has 3 aromatic rings. The predicted octanol–water partition coefficient (Wildman–Crippen LogP) is 4.04. The summed E-state index contributed by atoms with van der Waals surface area (Å²) >= 11 is 0. The third kappa shape index (κ3) is 10.2. The van der Waals surface area contributed by atoms with Crippen LogP contribution in [0.25, 0.3) is 0 Å². The standard InChI is InChI=1S/C32H36F3N6O11P/c1-18-29(48-21(4)43)30(49-22(5)44)27(13-46-20(3)42)50-31(18)51-53(45,47-10-6-9-36)52-32(14-41-17-38-16-40-41,24-8-7-23(33)11-25(24)34)19(2)28-26(35)12-37-15-39-28/h7-8,11-12,15-19,27,29-31H,6,10,13-14H2,1-5H3/t18?,19?,27?,29?,30?,31?,32-,53?/m1/s1. The molecule has 8 atom stereocenters. The van der Waals surface area contributed by atoms with Crippen LogP contribution in [0.5, 0.6) is 0 Å². The van der Waals surface area contributed by atoms with Crippen LogP contribution in [-0.4, -0.2) is 80.5 Å². The van der Waals surface area contributed by atoms with Crippen molar-refractivity contribution in [2.75, 3.05) is 13.2 Å². The van der Waals surface area contributed by atoms with Gasteiger partial charge < -0.3 is 18.9 Å². The van der Waals surface area contributed by atoms with Crippen molar-refractivity contribution in [3.05, 3.63) is 72.1 Å². The molecule has 0 N–H and O–H groups in total. The van der Waals surface area contributed by atoms with Crippen LogP contribution in [0.4, 0.5) is 13.2 Å². The van der Waals surface area contributed by atoms with Crippen molar-refractivity contribution < 1.29 is 64.6 Å². The first-order chi connectivity index (χ1) is 25.1. The van der Waals surface area contributed by atoms with Gasteiger partial charge in [-0.1, -0.05) is 19.9 Å². The number of phosphoric ester groups is 1. The van der Waals surface area contributed by atoms with E-state index in [0.717, 1.165) is 56.4 Å². The van der Waals surface area contributed by atoms with E-state index in [1.165, 1.54) is 20.2 Å². The molecule has 1 fully saturated rings. The molecule has 4 rings (SSSR count). The normalized spacial score (nSPS) is 22.7. The van der Waals surface area contributed by atoms with E-state index >= 15 is 13.3 Å². The molecule has 0 amide bonds. The fourth-order valence-electron chi connectivity index (χ4n) is 5.66. The minimum absolute atomic E-state index is 0.365. The van der Waals surface area contributed by atoms with Crippen molar-refractivity contribution in [2.24, 2.45) is 5.92 Å². The van der Waals surface area contributed by atoms with Gasteiger partial charge in [0.05, 0.1) is 37.5 Å². The van der Waals surface area contributed by atoms with Gasteiger partial charge >= 0.3 is 25.7 Å². The van der Waals surface area contributed by atoms with E-state index in [2.05, 4.69) is 20.1 Å². The lowest BCUT2D eigenvalue weighted by Gasteiger charge is -2.45. The van der Waals surface area contributed by atoms with Crippen molar-refractivity contribution >= 4 is 25.7 Å². The first kappa shape index (κ1) is 41.0. The lowest BCUT2D eigenvalue weighted by molar-refractivity contribution is -0.272. The zero-order valence-electron chi connectivity index (χ0n) is 29.1. The molecule has 17 nitrogen and oxygen atoms in total. The monoisotopic (exact) mass is 768 g/mol. The fraction of sp³-hybridized carbons (Fsp3) is 0.500. The maximum atomic E-state index is 16.0. The summed E-state index contributed by atoms with van der Waals surface area (Å²) < 4.78 is 102. The fourth-order valence-corrected chi connectivity index (χ4v) is 7.35. The van der Waals surface area contributed by atoms with E-state index in [-0.39, 0.29) is 12.1 Å². The number of esters is 3. The first-order valence-corrected chi connectivity index (χ1v) is 17.4. The molecule has 21 heteroatoms. The highest BCUT2D eigenvalue weighted by Gasteiger charge is 2.55. The number of aromatic nitrogens is 5. The van der Waals surface area contributed by atoms with Crippen LogP contribution in [0.1, 0.15) is 58.2 Å². The Morgan fingerprint density at radius 2 is 1.77 bits per heavy atom. The van der Waals surface area contributed by atoms with E-state index < -0.39 is 111 Å². The highest BCUT2D eigenvalue weighted by atomic mass is 31.2. The van der Waals surface area contributed by atoms with Gasteiger partial charge in [0.2, 0.25) is 0 Å². The van der Waals surface area contributed by atoms with Gasteiger partial charge in [0.25, 0.3) is 0 Å². The van der Waals surface area contributed by atoms with Gasteiger partial charge in [-0.15, -0.1) is 0 Å². The molecule has 0 radical (unpaired) electrons. The number of halogens is 3. The Morgan fingerprint density at radius 3 is 2.38 bits per heavy atom. The molecule has 53 heavy (non-hydrogen) atoms. The number of rotatable bonds is 16. The zero-order chi connectivity index (χ0) is 38.9. The molecule has 0 bridgehead atoms. The van der Waals surface area contributed by atoms with E-state index in [9.17, 15) is 24.0 Å². The molecule has 1 aliphatic heterocycles. The second kappa shape index (κ2) is 17.8. The average molecular weight is 769 g/mol. The molecule has 3 heterocycles. The van der Waals surface area contributed by atoms with Gasteiger partial charge in [0.1, 0.15) is 55.0 Å². The first-order valence-electron chi connectivity index (χ1n) is 16.0. The molecule has 0 spiro atoms. The summed E-state index contributed by atoms with van der Waals surface area (Å²) in [6, 6.07) is 4.19. The van der Waals surface area contributed by atoms with Gasteiger partial charge in [0.15, 0.2) is 18.2 Å². The lowest BCUT2D eigenvalue weighted by Crippen LogP contribution is -2.58. The summed E-state index contributed by atoms with van der Waals surface area (Å²) in [6.07, 6.45) is -2.11. The minimum atomic E-state index is -5.27. The van der Waals surface area contributed by atoms with E-state index in [1.54, 1.807) is 0 Å².